The Morgan fingerprint density at radius 1 is 1.64 bits per heavy atom. The number of carbonyl (C=O) groups excluding carboxylic acids is 1. The Hall–Kier alpha value is -0.940. The number of carbonyl (C=O) groups is 1. The average molecular weight is 272 g/mol. The Kier molecular flexibility index (Phi) is 2.52. The van der Waals surface area contributed by atoms with Crippen LogP contribution in [0.2, 0.25) is 0 Å². The molecule has 0 saturated carbocycles. The minimum atomic E-state index is -0.0422. The van der Waals surface area contributed by atoms with Crippen LogP contribution < -0.4 is 0 Å². The maximum Gasteiger partial charge on any atom is 0.208 e. The summed E-state index contributed by atoms with van der Waals surface area (Å²) in [4.78, 5) is 12.5. The van der Waals surface area contributed by atoms with E-state index in [1.54, 1.807) is 25.3 Å². The first kappa shape index (κ1) is 9.61. The molecule has 0 aromatic carbocycles. The Morgan fingerprint density at radius 2 is 2.43 bits per heavy atom. The minimum absolute atomic E-state index is 0.0422. The van der Waals surface area contributed by atoms with Gasteiger partial charge in [-0.2, -0.15) is 0 Å². The van der Waals surface area contributed by atoms with Gasteiger partial charge >= 0.3 is 0 Å². The zero-order valence-electron chi connectivity index (χ0n) is 7.28. The molecule has 2 aromatic rings. The normalized spacial score (nSPS) is 10.4. The van der Waals surface area contributed by atoms with Crippen LogP contribution in [0.25, 0.3) is 0 Å². The fourth-order valence-corrected chi connectivity index (χ4v) is 2.16. The lowest BCUT2D eigenvalue weighted by atomic mass is 10.1. The van der Waals surface area contributed by atoms with Crippen molar-refractivity contribution in [2.24, 2.45) is 0 Å². The number of rotatable bonds is 2. The molecule has 3 nitrogen and oxygen atoms in total. The van der Waals surface area contributed by atoms with Gasteiger partial charge < -0.3 is 4.42 Å². The second-order valence-corrected chi connectivity index (χ2v) is 4.34. The number of ketones is 1. The van der Waals surface area contributed by atoms with Crippen LogP contribution in [0.3, 0.4) is 0 Å². The van der Waals surface area contributed by atoms with Gasteiger partial charge in [0.25, 0.3) is 0 Å². The molecule has 72 valence electrons. The van der Waals surface area contributed by atoms with E-state index in [0.717, 1.165) is 0 Å². The quantitative estimate of drug-likeness (QED) is 0.789. The number of halogens is 1. The minimum Gasteiger partial charge on any atom is -0.454 e. The summed E-state index contributed by atoms with van der Waals surface area (Å²) in [5.74, 6) is 0.578. The van der Waals surface area contributed by atoms with Gasteiger partial charge in [-0.15, -0.1) is 0 Å². The van der Waals surface area contributed by atoms with Gasteiger partial charge in [0.05, 0.1) is 10.4 Å². The van der Waals surface area contributed by atoms with Crippen molar-refractivity contribution in [3.05, 3.63) is 39.2 Å². The summed E-state index contributed by atoms with van der Waals surface area (Å²) >= 11 is 4.37. The van der Waals surface area contributed by atoms with Crippen LogP contribution >= 0.6 is 27.5 Å². The van der Waals surface area contributed by atoms with Gasteiger partial charge in [0.2, 0.25) is 5.78 Å². The SMILES string of the molecule is Cc1oc(Br)cc1C(=O)c1ccns1. The van der Waals surface area contributed by atoms with Crippen LogP contribution in [0.4, 0.5) is 0 Å². The second-order valence-electron chi connectivity index (χ2n) is 2.73. The van der Waals surface area contributed by atoms with E-state index in [9.17, 15) is 4.79 Å². The van der Waals surface area contributed by atoms with Crippen molar-refractivity contribution in [2.45, 2.75) is 6.92 Å². The summed E-state index contributed by atoms with van der Waals surface area (Å²) in [5.41, 5.74) is 0.584. The molecule has 14 heavy (non-hydrogen) atoms. The Morgan fingerprint density at radius 3 is 2.93 bits per heavy atom. The van der Waals surface area contributed by atoms with E-state index in [1.165, 1.54) is 11.5 Å². The fraction of sp³-hybridized carbons (Fsp3) is 0.111. The summed E-state index contributed by atoms with van der Waals surface area (Å²) in [6, 6.07) is 3.38. The predicted molar refractivity (Wildman–Crippen MR) is 56.7 cm³/mol. The lowest BCUT2D eigenvalue weighted by Crippen LogP contribution is -1.97. The summed E-state index contributed by atoms with van der Waals surface area (Å²) in [5, 5.41) is 0. The monoisotopic (exact) mass is 271 g/mol. The molecule has 2 rings (SSSR count). The predicted octanol–water partition coefficient (Wildman–Crippen LogP) is 3.04. The van der Waals surface area contributed by atoms with Gasteiger partial charge in [0, 0.05) is 12.3 Å². The van der Waals surface area contributed by atoms with Crippen LogP contribution in [-0.2, 0) is 0 Å². The fourth-order valence-electron chi connectivity index (χ4n) is 1.14. The maximum absolute atomic E-state index is 11.8. The number of nitrogens with zero attached hydrogens (tertiary/aromatic N) is 1. The van der Waals surface area contributed by atoms with Crippen molar-refractivity contribution in [1.29, 1.82) is 0 Å². The number of hydrogen-bond donors (Lipinski definition) is 0. The van der Waals surface area contributed by atoms with Gasteiger partial charge in [0.15, 0.2) is 4.67 Å². The first-order valence-corrected chi connectivity index (χ1v) is 5.46. The van der Waals surface area contributed by atoms with E-state index in [-0.39, 0.29) is 5.78 Å². The van der Waals surface area contributed by atoms with Crippen molar-refractivity contribution in [3.63, 3.8) is 0 Å². The molecule has 0 saturated heterocycles. The van der Waals surface area contributed by atoms with Crippen molar-refractivity contribution >= 4 is 33.2 Å². The summed E-state index contributed by atoms with van der Waals surface area (Å²) in [7, 11) is 0. The van der Waals surface area contributed by atoms with Crippen LogP contribution in [0.5, 0.6) is 0 Å². The summed E-state index contributed by atoms with van der Waals surface area (Å²) in [6.45, 7) is 1.76. The number of hydrogen-bond acceptors (Lipinski definition) is 4. The largest absolute Gasteiger partial charge is 0.454 e. The summed E-state index contributed by atoms with van der Waals surface area (Å²) < 4.78 is 9.67. The highest BCUT2D eigenvalue weighted by Gasteiger charge is 2.16. The van der Waals surface area contributed by atoms with Gasteiger partial charge in [-0.05, 0) is 40.5 Å². The van der Waals surface area contributed by atoms with Crippen molar-refractivity contribution < 1.29 is 9.21 Å². The van der Waals surface area contributed by atoms with Gasteiger partial charge in [0.1, 0.15) is 5.76 Å². The Balaban J connectivity index is 2.41. The highest BCUT2D eigenvalue weighted by Crippen LogP contribution is 2.23. The van der Waals surface area contributed by atoms with E-state index in [2.05, 4.69) is 20.3 Å². The maximum atomic E-state index is 11.8. The number of aryl methyl sites for hydroxylation is 1. The average Bonchev–Trinajstić information content (AvgIpc) is 2.73. The highest BCUT2D eigenvalue weighted by molar-refractivity contribution is 9.10. The van der Waals surface area contributed by atoms with E-state index in [4.69, 9.17) is 4.42 Å². The third kappa shape index (κ3) is 1.65. The van der Waals surface area contributed by atoms with Crippen LogP contribution in [0, 0.1) is 6.92 Å². The topological polar surface area (TPSA) is 43.1 Å². The molecule has 0 radical (unpaired) electrons. The molecule has 0 bridgehead atoms. The third-order valence-electron chi connectivity index (χ3n) is 1.79. The van der Waals surface area contributed by atoms with Gasteiger partial charge in [-0.1, -0.05) is 0 Å². The molecule has 0 spiro atoms. The van der Waals surface area contributed by atoms with Crippen LogP contribution in [-0.4, -0.2) is 10.2 Å². The molecule has 0 unspecified atom stereocenters. The molecule has 0 aliphatic heterocycles. The number of furan rings is 1. The molecule has 0 aliphatic rings. The second kappa shape index (κ2) is 3.67. The van der Waals surface area contributed by atoms with Gasteiger partial charge in [-0.3, -0.25) is 4.79 Å². The van der Waals surface area contributed by atoms with E-state index >= 15 is 0 Å². The van der Waals surface area contributed by atoms with E-state index < -0.39 is 0 Å². The van der Waals surface area contributed by atoms with Crippen LogP contribution in [0.1, 0.15) is 21.0 Å². The molecule has 0 aliphatic carbocycles. The third-order valence-corrected chi connectivity index (χ3v) is 2.93. The molecule has 2 heterocycles. The standard InChI is InChI=1S/C9H6BrNO2S/c1-5-6(4-8(10)13-5)9(12)7-2-3-11-14-7/h2-4H,1H3. The smallest absolute Gasteiger partial charge is 0.208 e. The van der Waals surface area contributed by atoms with E-state index in [0.29, 0.717) is 20.9 Å². The van der Waals surface area contributed by atoms with E-state index in [1.807, 2.05) is 0 Å². The number of aromatic nitrogens is 1. The molecular formula is C9H6BrNO2S. The molecule has 0 fully saturated rings. The first-order chi connectivity index (χ1) is 6.68. The van der Waals surface area contributed by atoms with Crippen molar-refractivity contribution in [2.75, 3.05) is 0 Å². The molecule has 0 amide bonds. The summed E-state index contributed by atoms with van der Waals surface area (Å²) in [6.07, 6.45) is 1.61. The van der Waals surface area contributed by atoms with Crippen molar-refractivity contribution in [1.82, 2.24) is 4.37 Å². The molecular weight excluding hydrogens is 266 g/mol. The van der Waals surface area contributed by atoms with Gasteiger partial charge in [-0.25, -0.2) is 4.37 Å². The molecule has 2 aromatic heterocycles. The molecule has 5 heteroatoms. The zero-order valence-corrected chi connectivity index (χ0v) is 9.68. The molecule has 0 atom stereocenters. The first-order valence-electron chi connectivity index (χ1n) is 3.90. The lowest BCUT2D eigenvalue weighted by Gasteiger charge is -1.92. The van der Waals surface area contributed by atoms with Crippen molar-refractivity contribution in [3.8, 4) is 0 Å². The Bertz CT molecular complexity index is 461. The highest BCUT2D eigenvalue weighted by atomic mass is 79.9. The zero-order chi connectivity index (χ0) is 10.1. The Labute approximate surface area is 93.0 Å². The van der Waals surface area contributed by atoms with Crippen LogP contribution in [0.15, 0.2) is 27.4 Å². The molecule has 0 N–H and O–H groups in total. The lowest BCUT2D eigenvalue weighted by molar-refractivity contribution is 0.104.